The van der Waals surface area contributed by atoms with Crippen molar-refractivity contribution in [2.24, 2.45) is 0 Å². The van der Waals surface area contributed by atoms with E-state index in [1.165, 1.54) is 18.4 Å². The Morgan fingerprint density at radius 3 is 2.60 bits per heavy atom. The lowest BCUT2D eigenvalue weighted by Crippen LogP contribution is -2.49. The van der Waals surface area contributed by atoms with Crippen LogP contribution in [0.25, 0.3) is 0 Å². The number of piperidine rings is 1. The van der Waals surface area contributed by atoms with E-state index in [9.17, 15) is 4.79 Å². The summed E-state index contributed by atoms with van der Waals surface area (Å²) in [6.45, 7) is 1.98. The Labute approximate surface area is 121 Å². The highest BCUT2D eigenvalue weighted by atomic mass is 16.2. The molecule has 1 amide bonds. The van der Waals surface area contributed by atoms with Gasteiger partial charge in [0.25, 0.3) is 0 Å². The molecule has 1 aromatic rings. The third-order valence-electron chi connectivity index (χ3n) is 4.78. The minimum atomic E-state index is 0.105. The van der Waals surface area contributed by atoms with Crippen molar-refractivity contribution in [3.63, 3.8) is 0 Å². The smallest absolute Gasteiger partial charge is 0.240 e. The predicted molar refractivity (Wildman–Crippen MR) is 80.4 cm³/mol. The van der Waals surface area contributed by atoms with E-state index in [0.717, 1.165) is 32.4 Å². The first kappa shape index (κ1) is 13.6. The maximum absolute atomic E-state index is 12.9. The van der Waals surface area contributed by atoms with Gasteiger partial charge in [-0.1, -0.05) is 36.8 Å². The van der Waals surface area contributed by atoms with Crippen molar-refractivity contribution < 1.29 is 4.79 Å². The molecule has 108 valence electrons. The zero-order chi connectivity index (χ0) is 13.9. The fourth-order valence-corrected chi connectivity index (χ4v) is 3.63. The summed E-state index contributed by atoms with van der Waals surface area (Å²) in [6.07, 6.45) is 5.66. The predicted octanol–water partition coefficient (Wildman–Crippen LogP) is 2.83. The van der Waals surface area contributed by atoms with Crippen LogP contribution in [0.5, 0.6) is 0 Å². The molecule has 2 aliphatic heterocycles. The molecule has 0 spiro atoms. The van der Waals surface area contributed by atoms with Crippen LogP contribution in [-0.2, 0) is 4.79 Å². The molecule has 0 bridgehead atoms. The zero-order valence-corrected chi connectivity index (χ0v) is 12.3. The van der Waals surface area contributed by atoms with Gasteiger partial charge in [0, 0.05) is 6.54 Å². The van der Waals surface area contributed by atoms with Gasteiger partial charge < -0.3 is 4.90 Å². The second kappa shape index (κ2) is 5.96. The maximum atomic E-state index is 12.9. The Balaban J connectivity index is 1.76. The summed E-state index contributed by atoms with van der Waals surface area (Å²) in [6, 6.07) is 10.9. The normalized spacial score (nSPS) is 27.8. The molecule has 3 heteroatoms. The lowest BCUT2D eigenvalue weighted by atomic mass is 10.00. The number of hydrogen-bond donors (Lipinski definition) is 0. The number of rotatable bonds is 2. The molecule has 3 rings (SSSR count). The summed E-state index contributed by atoms with van der Waals surface area (Å²) < 4.78 is 0. The van der Waals surface area contributed by atoms with Crippen LogP contribution in [0.3, 0.4) is 0 Å². The summed E-state index contributed by atoms with van der Waals surface area (Å²) in [4.78, 5) is 17.2. The van der Waals surface area contributed by atoms with Gasteiger partial charge in [-0.05, 0) is 44.8 Å². The van der Waals surface area contributed by atoms with Crippen molar-refractivity contribution in [3.8, 4) is 0 Å². The summed E-state index contributed by atoms with van der Waals surface area (Å²) in [5.74, 6) is 0.346. The van der Waals surface area contributed by atoms with Gasteiger partial charge in [0.1, 0.15) is 0 Å². The van der Waals surface area contributed by atoms with E-state index in [-0.39, 0.29) is 6.04 Å². The largest absolute Gasteiger partial charge is 0.334 e. The van der Waals surface area contributed by atoms with E-state index in [2.05, 4.69) is 41.1 Å². The molecule has 2 heterocycles. The van der Waals surface area contributed by atoms with Crippen molar-refractivity contribution in [2.45, 2.75) is 44.2 Å². The highest BCUT2D eigenvalue weighted by Crippen LogP contribution is 2.33. The number of nitrogens with zero attached hydrogens (tertiary/aromatic N) is 2. The summed E-state index contributed by atoms with van der Waals surface area (Å²) in [7, 11) is 2.09. The van der Waals surface area contributed by atoms with Crippen LogP contribution in [0.1, 0.15) is 43.7 Å². The first-order valence-corrected chi connectivity index (χ1v) is 7.83. The lowest BCUT2D eigenvalue weighted by molar-refractivity contribution is -0.138. The molecule has 20 heavy (non-hydrogen) atoms. The zero-order valence-electron chi connectivity index (χ0n) is 12.3. The van der Waals surface area contributed by atoms with Crippen LogP contribution in [0.4, 0.5) is 0 Å². The van der Waals surface area contributed by atoms with Crippen LogP contribution in [-0.4, -0.2) is 41.9 Å². The fraction of sp³-hybridized carbons (Fsp3) is 0.588. The molecule has 2 fully saturated rings. The highest BCUT2D eigenvalue weighted by molar-refractivity contribution is 5.82. The molecule has 2 aliphatic rings. The molecule has 0 aromatic heterocycles. The topological polar surface area (TPSA) is 23.6 Å². The standard InChI is InChI=1S/C17H24N2O/c1-18-12-6-5-10-16(18)17(20)19-13-7-11-15(19)14-8-3-2-4-9-14/h2-4,8-9,15-16H,5-7,10-13H2,1H3/t15-,16-/m1/s1. The molecular weight excluding hydrogens is 248 g/mol. The van der Waals surface area contributed by atoms with Crippen molar-refractivity contribution in [3.05, 3.63) is 35.9 Å². The van der Waals surface area contributed by atoms with Gasteiger partial charge in [-0.3, -0.25) is 9.69 Å². The van der Waals surface area contributed by atoms with Crippen LogP contribution in [0.15, 0.2) is 30.3 Å². The lowest BCUT2D eigenvalue weighted by Gasteiger charge is -2.36. The van der Waals surface area contributed by atoms with Crippen molar-refractivity contribution in [1.29, 1.82) is 0 Å². The van der Waals surface area contributed by atoms with E-state index in [1.807, 2.05) is 6.07 Å². The minimum Gasteiger partial charge on any atom is -0.334 e. The summed E-state index contributed by atoms with van der Waals surface area (Å²) in [5.41, 5.74) is 1.29. The number of likely N-dealkylation sites (N-methyl/N-ethyl adjacent to an activating group) is 1. The van der Waals surface area contributed by atoms with Gasteiger partial charge in [0.15, 0.2) is 0 Å². The van der Waals surface area contributed by atoms with E-state index >= 15 is 0 Å². The number of likely N-dealkylation sites (tertiary alicyclic amines) is 2. The fourth-order valence-electron chi connectivity index (χ4n) is 3.63. The molecule has 0 N–H and O–H groups in total. The van der Waals surface area contributed by atoms with Gasteiger partial charge >= 0.3 is 0 Å². The minimum absolute atomic E-state index is 0.105. The van der Waals surface area contributed by atoms with Crippen LogP contribution >= 0.6 is 0 Å². The number of carbonyl (C=O) groups is 1. The Kier molecular flexibility index (Phi) is 4.06. The molecule has 2 saturated heterocycles. The molecule has 0 unspecified atom stereocenters. The van der Waals surface area contributed by atoms with Gasteiger partial charge in [-0.15, -0.1) is 0 Å². The van der Waals surface area contributed by atoms with E-state index in [1.54, 1.807) is 0 Å². The Bertz CT molecular complexity index is 459. The monoisotopic (exact) mass is 272 g/mol. The highest BCUT2D eigenvalue weighted by Gasteiger charge is 2.36. The Hall–Kier alpha value is -1.35. The van der Waals surface area contributed by atoms with Crippen LogP contribution in [0, 0.1) is 0 Å². The Morgan fingerprint density at radius 2 is 1.85 bits per heavy atom. The van der Waals surface area contributed by atoms with Gasteiger partial charge in [0.2, 0.25) is 5.91 Å². The van der Waals surface area contributed by atoms with Crippen molar-refractivity contribution in [2.75, 3.05) is 20.1 Å². The van der Waals surface area contributed by atoms with Gasteiger partial charge in [-0.2, -0.15) is 0 Å². The Morgan fingerprint density at radius 1 is 1.05 bits per heavy atom. The average molecular weight is 272 g/mol. The molecular formula is C17H24N2O. The van der Waals surface area contributed by atoms with E-state index < -0.39 is 0 Å². The molecule has 3 nitrogen and oxygen atoms in total. The third kappa shape index (κ3) is 2.59. The molecule has 0 aliphatic carbocycles. The number of carbonyl (C=O) groups excluding carboxylic acids is 1. The average Bonchev–Trinajstić information content (AvgIpc) is 2.97. The SMILES string of the molecule is CN1CCCC[C@@H]1C(=O)N1CCC[C@@H]1c1ccccc1. The maximum Gasteiger partial charge on any atom is 0.240 e. The van der Waals surface area contributed by atoms with Gasteiger partial charge in [-0.25, -0.2) is 0 Å². The number of amides is 1. The summed E-state index contributed by atoms with van der Waals surface area (Å²) >= 11 is 0. The molecule has 2 atom stereocenters. The van der Waals surface area contributed by atoms with Crippen molar-refractivity contribution >= 4 is 5.91 Å². The molecule has 1 aromatic carbocycles. The van der Waals surface area contributed by atoms with E-state index in [4.69, 9.17) is 0 Å². The summed E-state index contributed by atoms with van der Waals surface area (Å²) in [5, 5.41) is 0. The van der Waals surface area contributed by atoms with Crippen LogP contribution in [0.2, 0.25) is 0 Å². The third-order valence-corrected chi connectivity index (χ3v) is 4.78. The number of hydrogen-bond acceptors (Lipinski definition) is 2. The van der Waals surface area contributed by atoms with E-state index in [0.29, 0.717) is 11.9 Å². The quantitative estimate of drug-likeness (QED) is 0.826. The molecule has 0 saturated carbocycles. The van der Waals surface area contributed by atoms with Crippen LogP contribution < -0.4 is 0 Å². The molecule has 0 radical (unpaired) electrons. The first-order valence-electron chi connectivity index (χ1n) is 7.83. The first-order chi connectivity index (χ1) is 9.77. The van der Waals surface area contributed by atoms with Crippen molar-refractivity contribution in [1.82, 2.24) is 9.80 Å². The second-order valence-electron chi connectivity index (χ2n) is 6.09. The second-order valence-corrected chi connectivity index (χ2v) is 6.09. The van der Waals surface area contributed by atoms with Gasteiger partial charge in [0.05, 0.1) is 12.1 Å². The number of benzene rings is 1.